The molecule has 0 unspecified atom stereocenters. The Balaban J connectivity index is 1.62. The Morgan fingerprint density at radius 2 is 1.26 bits per heavy atom. The van der Waals surface area contributed by atoms with Crippen LogP contribution in [0.2, 0.25) is 0 Å². The van der Waals surface area contributed by atoms with E-state index in [2.05, 4.69) is 131 Å². The van der Waals surface area contributed by atoms with E-state index in [0.29, 0.717) is 0 Å². The second-order valence-corrected chi connectivity index (χ2v) is 9.09. The number of benzene rings is 5. The number of hydrogen-bond acceptors (Lipinski definition) is 0. The van der Waals surface area contributed by atoms with Crippen LogP contribution in [0.25, 0.3) is 55.4 Å². The maximum atomic E-state index is 3.90. The summed E-state index contributed by atoms with van der Waals surface area (Å²) in [6.45, 7) is 4.71. The fourth-order valence-electron chi connectivity index (χ4n) is 5.56. The van der Waals surface area contributed by atoms with Crippen LogP contribution in [0.15, 0.2) is 122 Å². The maximum Gasteiger partial charge on any atom is 0.0596 e. The highest BCUT2D eigenvalue weighted by molar-refractivity contribution is 6.25. The minimum Gasteiger partial charge on any atom is -0.335 e. The molecule has 2 heteroatoms. The van der Waals surface area contributed by atoms with Gasteiger partial charge in [-0.05, 0) is 41.5 Å². The molecule has 2 heterocycles. The molecule has 7 rings (SSSR count). The standard InChI is InChI=1S/C33H24N2/c1-2-23-16-18-24(19-17-23)22-34-29-14-8-6-12-26(29)27-20-21-31-32(33(27)34)28-13-7-9-15-30(28)35(31)25-10-4-3-5-11-25/h2-21H,1,22H2. The van der Waals surface area contributed by atoms with Crippen LogP contribution in [0.5, 0.6) is 0 Å². The lowest BCUT2D eigenvalue weighted by atomic mass is 10.1. The lowest BCUT2D eigenvalue weighted by Gasteiger charge is -2.10. The fourth-order valence-corrected chi connectivity index (χ4v) is 5.56. The molecular formula is C33H24N2. The summed E-state index contributed by atoms with van der Waals surface area (Å²) in [5.74, 6) is 0. The first-order valence-electron chi connectivity index (χ1n) is 12.0. The number of fused-ring (bicyclic) bond motifs is 7. The van der Waals surface area contributed by atoms with Gasteiger partial charge in [-0.25, -0.2) is 0 Å². The largest absolute Gasteiger partial charge is 0.335 e. The first-order chi connectivity index (χ1) is 17.3. The van der Waals surface area contributed by atoms with Gasteiger partial charge in [0.1, 0.15) is 0 Å². The van der Waals surface area contributed by atoms with E-state index in [4.69, 9.17) is 0 Å². The van der Waals surface area contributed by atoms with Crippen molar-refractivity contribution in [2.24, 2.45) is 0 Å². The highest BCUT2D eigenvalue weighted by atomic mass is 15.0. The summed E-state index contributed by atoms with van der Waals surface area (Å²) in [6.07, 6.45) is 1.90. The number of rotatable bonds is 4. The first-order valence-corrected chi connectivity index (χ1v) is 12.0. The van der Waals surface area contributed by atoms with Crippen molar-refractivity contribution in [3.8, 4) is 5.69 Å². The third kappa shape index (κ3) is 2.97. The van der Waals surface area contributed by atoms with E-state index >= 15 is 0 Å². The van der Waals surface area contributed by atoms with Crippen LogP contribution in [0, 0.1) is 0 Å². The molecule has 35 heavy (non-hydrogen) atoms. The van der Waals surface area contributed by atoms with E-state index in [9.17, 15) is 0 Å². The topological polar surface area (TPSA) is 9.86 Å². The minimum atomic E-state index is 0.811. The molecule has 0 spiro atoms. The first kappa shape index (κ1) is 19.9. The molecule has 0 N–H and O–H groups in total. The van der Waals surface area contributed by atoms with Gasteiger partial charge >= 0.3 is 0 Å². The van der Waals surface area contributed by atoms with Crippen LogP contribution in [-0.4, -0.2) is 9.13 Å². The quantitative estimate of drug-likeness (QED) is 0.255. The highest BCUT2D eigenvalue weighted by Crippen LogP contribution is 2.40. The van der Waals surface area contributed by atoms with Crippen LogP contribution < -0.4 is 0 Å². The molecule has 166 valence electrons. The molecule has 0 aliphatic carbocycles. The van der Waals surface area contributed by atoms with Crippen molar-refractivity contribution in [1.82, 2.24) is 9.13 Å². The molecule has 0 atom stereocenters. The van der Waals surface area contributed by atoms with Crippen LogP contribution in [0.4, 0.5) is 0 Å². The molecule has 0 saturated heterocycles. The summed E-state index contributed by atoms with van der Waals surface area (Å²) >= 11 is 0. The molecule has 0 aliphatic rings. The van der Waals surface area contributed by atoms with Crippen molar-refractivity contribution < 1.29 is 0 Å². The zero-order valence-corrected chi connectivity index (χ0v) is 19.4. The average Bonchev–Trinajstić information content (AvgIpc) is 3.42. The Hall–Kier alpha value is -4.56. The Morgan fingerprint density at radius 3 is 2.03 bits per heavy atom. The van der Waals surface area contributed by atoms with Gasteiger partial charge in [-0.15, -0.1) is 0 Å². The summed E-state index contributed by atoms with van der Waals surface area (Å²) in [4.78, 5) is 0. The van der Waals surface area contributed by atoms with Gasteiger partial charge < -0.3 is 9.13 Å². The molecular weight excluding hydrogens is 424 g/mol. The lowest BCUT2D eigenvalue weighted by Crippen LogP contribution is -2.00. The average molecular weight is 449 g/mol. The summed E-state index contributed by atoms with van der Waals surface area (Å²) < 4.78 is 4.89. The third-order valence-electron chi connectivity index (χ3n) is 7.14. The van der Waals surface area contributed by atoms with E-state index in [1.165, 1.54) is 54.9 Å². The second kappa shape index (κ2) is 7.75. The SMILES string of the molecule is C=Cc1ccc(Cn2c3ccccc3c3ccc4c(c5ccccc5n4-c4ccccc4)c32)cc1. The normalized spacial score (nSPS) is 11.7. The van der Waals surface area contributed by atoms with Gasteiger partial charge in [0.05, 0.1) is 16.6 Å². The molecule has 5 aromatic carbocycles. The Bertz CT molecular complexity index is 1870. The van der Waals surface area contributed by atoms with Gasteiger partial charge in [-0.3, -0.25) is 0 Å². The van der Waals surface area contributed by atoms with Gasteiger partial charge in [0, 0.05) is 39.3 Å². The smallest absolute Gasteiger partial charge is 0.0596 e. The second-order valence-electron chi connectivity index (χ2n) is 9.09. The summed E-state index contributed by atoms with van der Waals surface area (Å²) in [6, 6.07) is 41.5. The van der Waals surface area contributed by atoms with Crippen molar-refractivity contribution >= 4 is 49.7 Å². The van der Waals surface area contributed by atoms with Gasteiger partial charge in [-0.2, -0.15) is 0 Å². The van der Waals surface area contributed by atoms with E-state index in [1.54, 1.807) is 0 Å². The Morgan fingerprint density at radius 1 is 0.571 bits per heavy atom. The van der Waals surface area contributed by atoms with Crippen molar-refractivity contribution in [1.29, 1.82) is 0 Å². The van der Waals surface area contributed by atoms with Crippen molar-refractivity contribution in [3.63, 3.8) is 0 Å². The maximum absolute atomic E-state index is 3.90. The fraction of sp³-hybridized carbons (Fsp3) is 0.0303. The van der Waals surface area contributed by atoms with Gasteiger partial charge in [-0.1, -0.05) is 97.6 Å². The summed E-state index contributed by atoms with van der Waals surface area (Å²) in [5.41, 5.74) is 8.62. The summed E-state index contributed by atoms with van der Waals surface area (Å²) in [7, 11) is 0. The van der Waals surface area contributed by atoms with Crippen molar-refractivity contribution in [2.45, 2.75) is 6.54 Å². The predicted molar refractivity (Wildman–Crippen MR) is 149 cm³/mol. The van der Waals surface area contributed by atoms with Crippen LogP contribution in [0.3, 0.4) is 0 Å². The van der Waals surface area contributed by atoms with Gasteiger partial charge in [0.2, 0.25) is 0 Å². The van der Waals surface area contributed by atoms with E-state index in [1.807, 2.05) is 6.08 Å². The van der Waals surface area contributed by atoms with Crippen LogP contribution in [-0.2, 0) is 6.54 Å². The van der Waals surface area contributed by atoms with Crippen LogP contribution >= 0.6 is 0 Å². The van der Waals surface area contributed by atoms with Gasteiger partial charge in [0.15, 0.2) is 0 Å². The Kier molecular flexibility index (Phi) is 4.40. The Labute approximate surface area is 204 Å². The molecule has 2 nitrogen and oxygen atoms in total. The summed E-state index contributed by atoms with van der Waals surface area (Å²) in [5, 5.41) is 5.18. The lowest BCUT2D eigenvalue weighted by molar-refractivity contribution is 0.871. The molecule has 0 fully saturated rings. The van der Waals surface area contributed by atoms with Crippen molar-refractivity contribution in [2.75, 3.05) is 0 Å². The third-order valence-corrected chi connectivity index (χ3v) is 7.14. The molecule has 0 bridgehead atoms. The molecule has 0 aliphatic heterocycles. The molecule has 0 radical (unpaired) electrons. The number of hydrogen-bond donors (Lipinski definition) is 0. The number of nitrogens with zero attached hydrogens (tertiary/aromatic N) is 2. The molecule has 2 aromatic heterocycles. The predicted octanol–water partition coefficient (Wildman–Crippen LogP) is 8.58. The van der Waals surface area contributed by atoms with Crippen molar-refractivity contribution in [3.05, 3.63) is 133 Å². The van der Waals surface area contributed by atoms with E-state index < -0.39 is 0 Å². The van der Waals surface area contributed by atoms with E-state index in [-0.39, 0.29) is 0 Å². The zero-order valence-electron chi connectivity index (χ0n) is 19.4. The van der Waals surface area contributed by atoms with E-state index in [0.717, 1.165) is 12.1 Å². The van der Waals surface area contributed by atoms with Gasteiger partial charge in [0.25, 0.3) is 0 Å². The highest BCUT2D eigenvalue weighted by Gasteiger charge is 2.19. The number of aromatic nitrogens is 2. The molecule has 0 amide bonds. The zero-order chi connectivity index (χ0) is 23.4. The molecule has 7 aromatic rings. The van der Waals surface area contributed by atoms with Crippen LogP contribution in [0.1, 0.15) is 11.1 Å². The monoisotopic (exact) mass is 448 g/mol. The molecule has 0 saturated carbocycles. The number of para-hydroxylation sites is 3. The minimum absolute atomic E-state index is 0.811.